The lowest BCUT2D eigenvalue weighted by atomic mass is 10.2. The van der Waals surface area contributed by atoms with Crippen LogP contribution < -0.4 is 4.74 Å². The fraction of sp³-hybridized carbons (Fsp3) is 0.0385. The number of ether oxygens (including phenoxy) is 2. The first kappa shape index (κ1) is 20.7. The number of aliphatic imine (C=N–C) groups is 1. The standard InChI is InChI=1S/C26H18ClN3O3/c1-17-22(24(27)30(29-17)19-8-4-2-5-9-19)16-23-26(31)33-25(28-23)18-12-14-21(15-13-18)32-20-10-6-3-7-11-20/h2-16H,1H3/b23-16-. The van der Waals surface area contributed by atoms with Crippen molar-refractivity contribution in [3.8, 4) is 17.2 Å². The minimum absolute atomic E-state index is 0.159. The number of carbonyl (C=O) groups is 1. The molecule has 0 atom stereocenters. The van der Waals surface area contributed by atoms with Crippen LogP contribution in [-0.2, 0) is 9.53 Å². The molecule has 0 fully saturated rings. The summed E-state index contributed by atoms with van der Waals surface area (Å²) in [6.45, 7) is 1.83. The van der Waals surface area contributed by atoms with E-state index in [0.717, 1.165) is 11.4 Å². The molecule has 0 aliphatic carbocycles. The van der Waals surface area contributed by atoms with Gasteiger partial charge in [0.15, 0.2) is 5.70 Å². The monoisotopic (exact) mass is 455 g/mol. The molecule has 1 aliphatic heterocycles. The van der Waals surface area contributed by atoms with Gasteiger partial charge in [-0.3, -0.25) is 0 Å². The molecular weight excluding hydrogens is 438 g/mol. The highest BCUT2D eigenvalue weighted by Crippen LogP contribution is 2.28. The van der Waals surface area contributed by atoms with Crippen molar-refractivity contribution in [2.45, 2.75) is 6.92 Å². The largest absolute Gasteiger partial charge is 0.457 e. The molecule has 3 aromatic carbocycles. The van der Waals surface area contributed by atoms with Crippen LogP contribution in [0.3, 0.4) is 0 Å². The molecule has 0 unspecified atom stereocenters. The Kier molecular flexibility index (Phi) is 5.50. The highest BCUT2D eigenvalue weighted by Gasteiger charge is 2.25. The molecule has 0 saturated carbocycles. The van der Waals surface area contributed by atoms with Crippen LogP contribution in [0.25, 0.3) is 11.8 Å². The zero-order valence-corrected chi connectivity index (χ0v) is 18.4. The third-order valence-electron chi connectivity index (χ3n) is 5.03. The lowest BCUT2D eigenvalue weighted by molar-refractivity contribution is -0.129. The second-order valence-electron chi connectivity index (χ2n) is 7.31. The van der Waals surface area contributed by atoms with Crippen molar-refractivity contribution in [1.82, 2.24) is 9.78 Å². The second kappa shape index (κ2) is 8.76. The molecule has 6 nitrogen and oxygen atoms in total. The molecule has 5 rings (SSSR count). The van der Waals surface area contributed by atoms with Crippen LogP contribution in [0.4, 0.5) is 0 Å². The molecule has 4 aromatic rings. The van der Waals surface area contributed by atoms with Gasteiger partial charge < -0.3 is 9.47 Å². The van der Waals surface area contributed by atoms with Crippen LogP contribution in [0.5, 0.6) is 11.5 Å². The van der Waals surface area contributed by atoms with E-state index < -0.39 is 5.97 Å². The van der Waals surface area contributed by atoms with Gasteiger partial charge in [0.05, 0.1) is 11.4 Å². The van der Waals surface area contributed by atoms with E-state index >= 15 is 0 Å². The topological polar surface area (TPSA) is 65.7 Å². The van der Waals surface area contributed by atoms with Crippen molar-refractivity contribution in [1.29, 1.82) is 0 Å². The molecule has 0 N–H and O–H groups in total. The van der Waals surface area contributed by atoms with E-state index in [4.69, 9.17) is 21.1 Å². The molecule has 7 heteroatoms. The van der Waals surface area contributed by atoms with E-state index in [-0.39, 0.29) is 11.6 Å². The summed E-state index contributed by atoms with van der Waals surface area (Å²) in [7, 11) is 0. The van der Waals surface area contributed by atoms with Gasteiger partial charge in [0.2, 0.25) is 5.90 Å². The van der Waals surface area contributed by atoms with E-state index in [1.165, 1.54) is 0 Å². The molecule has 0 bridgehead atoms. The van der Waals surface area contributed by atoms with Gasteiger partial charge >= 0.3 is 5.97 Å². The maximum absolute atomic E-state index is 12.5. The molecule has 0 saturated heterocycles. The quantitative estimate of drug-likeness (QED) is 0.274. The molecule has 1 aliphatic rings. The van der Waals surface area contributed by atoms with Gasteiger partial charge in [-0.15, -0.1) is 0 Å². The van der Waals surface area contributed by atoms with Crippen LogP contribution in [0.2, 0.25) is 5.15 Å². The van der Waals surface area contributed by atoms with Gasteiger partial charge in [0, 0.05) is 11.1 Å². The number of hydrogen-bond acceptors (Lipinski definition) is 5. The van der Waals surface area contributed by atoms with E-state index in [1.807, 2.05) is 67.6 Å². The third kappa shape index (κ3) is 4.29. The first-order valence-electron chi connectivity index (χ1n) is 10.2. The smallest absolute Gasteiger partial charge is 0.363 e. The number of carbonyl (C=O) groups excluding carboxylic acids is 1. The Morgan fingerprint density at radius 1 is 0.909 bits per heavy atom. The van der Waals surface area contributed by atoms with Crippen molar-refractivity contribution >= 4 is 29.5 Å². The minimum Gasteiger partial charge on any atom is -0.457 e. The highest BCUT2D eigenvalue weighted by molar-refractivity contribution is 6.31. The average molecular weight is 456 g/mol. The maximum Gasteiger partial charge on any atom is 0.363 e. The number of aromatic nitrogens is 2. The summed E-state index contributed by atoms with van der Waals surface area (Å²) in [5.41, 5.74) is 2.94. The molecular formula is C26H18ClN3O3. The van der Waals surface area contributed by atoms with Crippen molar-refractivity contribution in [3.63, 3.8) is 0 Å². The van der Waals surface area contributed by atoms with Gasteiger partial charge in [-0.1, -0.05) is 48.0 Å². The molecule has 2 heterocycles. The summed E-state index contributed by atoms with van der Waals surface area (Å²) in [5.74, 6) is 1.09. The van der Waals surface area contributed by atoms with Crippen molar-refractivity contribution in [2.75, 3.05) is 0 Å². The zero-order chi connectivity index (χ0) is 22.8. The average Bonchev–Trinajstić information content (AvgIpc) is 3.35. The van der Waals surface area contributed by atoms with Crippen LogP contribution in [0, 0.1) is 6.92 Å². The zero-order valence-electron chi connectivity index (χ0n) is 17.6. The maximum atomic E-state index is 12.5. The minimum atomic E-state index is -0.544. The molecule has 1 aromatic heterocycles. The molecule has 0 spiro atoms. The van der Waals surface area contributed by atoms with Crippen molar-refractivity contribution in [3.05, 3.63) is 113 Å². The number of para-hydroxylation sites is 2. The molecule has 162 valence electrons. The Morgan fingerprint density at radius 3 is 2.24 bits per heavy atom. The van der Waals surface area contributed by atoms with E-state index in [2.05, 4.69) is 10.1 Å². The van der Waals surface area contributed by atoms with E-state index in [9.17, 15) is 4.79 Å². The molecule has 0 amide bonds. The summed E-state index contributed by atoms with van der Waals surface area (Å²) in [4.78, 5) is 16.9. The predicted octanol–water partition coefficient (Wildman–Crippen LogP) is 5.97. The molecule has 0 radical (unpaired) electrons. The Labute approximate surface area is 195 Å². The fourth-order valence-electron chi connectivity index (χ4n) is 3.37. The SMILES string of the molecule is Cc1nn(-c2ccccc2)c(Cl)c1/C=C1\N=C(c2ccc(Oc3ccccc3)cc2)OC1=O. The van der Waals surface area contributed by atoms with Crippen LogP contribution in [-0.4, -0.2) is 21.6 Å². The van der Waals surface area contributed by atoms with E-state index in [0.29, 0.717) is 27.7 Å². The molecule has 33 heavy (non-hydrogen) atoms. The van der Waals surface area contributed by atoms with Gasteiger partial charge in [-0.25, -0.2) is 14.5 Å². The Hall–Kier alpha value is -4.16. The number of hydrogen-bond donors (Lipinski definition) is 0. The predicted molar refractivity (Wildman–Crippen MR) is 127 cm³/mol. The van der Waals surface area contributed by atoms with Crippen LogP contribution >= 0.6 is 11.6 Å². The first-order chi connectivity index (χ1) is 16.1. The fourth-order valence-corrected chi connectivity index (χ4v) is 3.70. The number of nitrogens with zero attached hydrogens (tertiary/aromatic N) is 3. The normalized spacial score (nSPS) is 14.3. The Balaban J connectivity index is 1.40. The van der Waals surface area contributed by atoms with Crippen molar-refractivity contribution < 1.29 is 14.3 Å². The Morgan fingerprint density at radius 2 is 1.55 bits per heavy atom. The number of benzene rings is 3. The number of halogens is 1. The lowest BCUT2D eigenvalue weighted by Crippen LogP contribution is -2.05. The lowest BCUT2D eigenvalue weighted by Gasteiger charge is -2.06. The summed E-state index contributed by atoms with van der Waals surface area (Å²) in [6, 6.07) is 26.2. The summed E-state index contributed by atoms with van der Waals surface area (Å²) >= 11 is 6.57. The van der Waals surface area contributed by atoms with Gasteiger partial charge in [0.1, 0.15) is 16.7 Å². The first-order valence-corrected chi connectivity index (χ1v) is 10.6. The summed E-state index contributed by atoms with van der Waals surface area (Å²) < 4.78 is 12.8. The van der Waals surface area contributed by atoms with Gasteiger partial charge in [-0.2, -0.15) is 5.10 Å². The van der Waals surface area contributed by atoms with Crippen molar-refractivity contribution in [2.24, 2.45) is 4.99 Å². The number of cyclic esters (lactones) is 1. The summed E-state index contributed by atoms with van der Waals surface area (Å²) in [5, 5.41) is 4.89. The van der Waals surface area contributed by atoms with Gasteiger partial charge in [0.25, 0.3) is 0 Å². The third-order valence-corrected chi connectivity index (χ3v) is 5.39. The van der Waals surface area contributed by atoms with Crippen LogP contribution in [0.1, 0.15) is 16.8 Å². The summed E-state index contributed by atoms with van der Waals surface area (Å²) in [6.07, 6.45) is 1.60. The highest BCUT2D eigenvalue weighted by atomic mass is 35.5. The number of aryl methyl sites for hydroxylation is 1. The number of esters is 1. The van der Waals surface area contributed by atoms with E-state index in [1.54, 1.807) is 35.0 Å². The van der Waals surface area contributed by atoms with Gasteiger partial charge in [-0.05, 0) is 61.5 Å². The number of rotatable bonds is 5. The Bertz CT molecular complexity index is 1380. The van der Waals surface area contributed by atoms with Crippen LogP contribution in [0.15, 0.2) is 95.6 Å². The second-order valence-corrected chi connectivity index (χ2v) is 7.67.